The fourth-order valence-corrected chi connectivity index (χ4v) is 7.24. The van der Waals surface area contributed by atoms with E-state index in [-0.39, 0.29) is 17.6 Å². The van der Waals surface area contributed by atoms with Crippen molar-refractivity contribution in [1.82, 2.24) is 29.2 Å². The van der Waals surface area contributed by atoms with E-state index in [0.717, 1.165) is 69.2 Å². The normalized spacial score (nSPS) is 21.9. The minimum Gasteiger partial charge on any atom is -0.474 e. The zero-order chi connectivity index (χ0) is 31.4. The maximum atomic E-state index is 13.9. The summed E-state index contributed by atoms with van der Waals surface area (Å²) in [4.78, 5) is 26.2. The first-order valence-corrected chi connectivity index (χ1v) is 16.6. The maximum Gasteiger partial charge on any atom is 0.330 e. The molecule has 3 aromatic rings. The molecule has 1 spiro atoms. The van der Waals surface area contributed by atoms with E-state index in [1.165, 1.54) is 0 Å². The number of hydrogen-bond acceptors (Lipinski definition) is 11. The first-order chi connectivity index (χ1) is 22.0. The molecule has 5 heterocycles. The lowest BCUT2D eigenvalue weighted by atomic mass is 9.79. The van der Waals surface area contributed by atoms with E-state index in [1.54, 1.807) is 23.4 Å². The summed E-state index contributed by atoms with van der Waals surface area (Å²) in [6.07, 6.45) is 8.33. The number of imidazole rings is 1. The molecule has 2 atom stereocenters. The summed E-state index contributed by atoms with van der Waals surface area (Å²) in [5, 5.41) is 4.66. The van der Waals surface area contributed by atoms with Crippen LogP contribution in [0.2, 0.25) is 0 Å². The standard InChI is InChI=1S/C32H48N6O7/c1-5-10-23-25(24-12-6-7-13-32(24)43-19-20-44-32)35-45-27(23)28-33-29-26(30(34-28)42-21-22-11-8-14-36(22)2)37(16-18-41-4)31(39)38(29)15-9-17-40-3/h22,24H,5-21H2,1-4H3/t22-,24+/m0/s1. The number of fused-ring (bicyclic) bond motifs is 1. The van der Waals surface area contributed by atoms with Gasteiger partial charge >= 0.3 is 5.69 Å². The van der Waals surface area contributed by atoms with Crippen molar-refractivity contribution in [1.29, 1.82) is 0 Å². The molecule has 13 heteroatoms. The van der Waals surface area contributed by atoms with Crippen molar-refractivity contribution in [3.8, 4) is 17.5 Å². The minimum atomic E-state index is -0.665. The highest BCUT2D eigenvalue weighted by molar-refractivity contribution is 5.80. The molecule has 0 bridgehead atoms. The number of rotatable bonds is 14. The molecule has 0 N–H and O–H groups in total. The Morgan fingerprint density at radius 2 is 1.82 bits per heavy atom. The van der Waals surface area contributed by atoms with E-state index in [2.05, 4.69) is 24.0 Å². The van der Waals surface area contributed by atoms with Gasteiger partial charge in [-0.15, -0.1) is 0 Å². The zero-order valence-electron chi connectivity index (χ0n) is 27.2. The number of aryl methyl sites for hydroxylation is 1. The van der Waals surface area contributed by atoms with Gasteiger partial charge in [0.25, 0.3) is 0 Å². The highest BCUT2D eigenvalue weighted by Crippen LogP contribution is 2.48. The second-order valence-electron chi connectivity index (χ2n) is 12.5. The summed E-state index contributed by atoms with van der Waals surface area (Å²) in [5.41, 5.74) is 2.72. The van der Waals surface area contributed by atoms with Gasteiger partial charge < -0.3 is 33.1 Å². The average Bonchev–Trinajstić information content (AvgIpc) is 3.83. The van der Waals surface area contributed by atoms with Gasteiger partial charge in [-0.1, -0.05) is 24.9 Å². The van der Waals surface area contributed by atoms with Gasteiger partial charge in [-0.25, -0.2) is 9.78 Å². The van der Waals surface area contributed by atoms with Crippen molar-refractivity contribution in [2.45, 2.75) is 95.5 Å². The Kier molecular flexibility index (Phi) is 10.2. The van der Waals surface area contributed by atoms with Crippen LogP contribution in [0, 0.1) is 0 Å². The van der Waals surface area contributed by atoms with Gasteiger partial charge in [-0.2, -0.15) is 4.98 Å². The Balaban J connectivity index is 1.48. The molecule has 248 valence electrons. The molecule has 6 rings (SSSR count). The van der Waals surface area contributed by atoms with Crippen molar-refractivity contribution in [2.24, 2.45) is 0 Å². The molecule has 2 aliphatic heterocycles. The van der Waals surface area contributed by atoms with Crippen LogP contribution in [0.1, 0.15) is 75.5 Å². The molecule has 3 aromatic heterocycles. The van der Waals surface area contributed by atoms with E-state index in [1.807, 2.05) is 0 Å². The SMILES string of the molecule is CCCc1c([C@H]2CCCCC23OCCO3)noc1-c1nc(OC[C@@H]2CCCN2C)c2c(n1)n(CCCOC)c(=O)n2CCOC. The van der Waals surface area contributed by atoms with Crippen LogP contribution in [-0.4, -0.2) is 102 Å². The Hall–Kier alpha value is -2.84. The van der Waals surface area contributed by atoms with Crippen LogP contribution in [0.15, 0.2) is 9.32 Å². The summed E-state index contributed by atoms with van der Waals surface area (Å²) in [6.45, 7) is 6.47. The molecule has 1 aliphatic carbocycles. The average molecular weight is 629 g/mol. The van der Waals surface area contributed by atoms with Gasteiger partial charge in [-0.3, -0.25) is 9.13 Å². The Bertz CT molecular complexity index is 1490. The molecule has 3 aliphatic rings. The number of aromatic nitrogens is 5. The number of likely N-dealkylation sites (N-methyl/N-ethyl adjacent to an activating group) is 1. The van der Waals surface area contributed by atoms with Gasteiger partial charge in [0.1, 0.15) is 6.61 Å². The summed E-state index contributed by atoms with van der Waals surface area (Å²) in [7, 11) is 5.40. The Labute approximate surface area is 264 Å². The van der Waals surface area contributed by atoms with E-state index in [4.69, 9.17) is 38.2 Å². The van der Waals surface area contributed by atoms with Crippen LogP contribution < -0.4 is 10.4 Å². The van der Waals surface area contributed by atoms with Crippen molar-refractivity contribution < 1.29 is 28.2 Å². The van der Waals surface area contributed by atoms with Gasteiger partial charge in [0.05, 0.1) is 38.0 Å². The predicted octanol–water partition coefficient (Wildman–Crippen LogP) is 3.76. The van der Waals surface area contributed by atoms with Gasteiger partial charge in [0.15, 0.2) is 17.0 Å². The quantitative estimate of drug-likeness (QED) is 0.242. The van der Waals surface area contributed by atoms with Crippen LogP contribution in [0.3, 0.4) is 0 Å². The second-order valence-corrected chi connectivity index (χ2v) is 12.5. The molecule has 0 aromatic carbocycles. The van der Waals surface area contributed by atoms with Crippen LogP contribution >= 0.6 is 0 Å². The summed E-state index contributed by atoms with van der Waals surface area (Å²) < 4.78 is 39.2. The van der Waals surface area contributed by atoms with Crippen LogP contribution in [0.4, 0.5) is 0 Å². The fourth-order valence-electron chi connectivity index (χ4n) is 7.24. The number of ether oxygens (including phenoxy) is 5. The third-order valence-electron chi connectivity index (χ3n) is 9.58. The number of nitrogens with zero attached hydrogens (tertiary/aromatic N) is 6. The van der Waals surface area contributed by atoms with Crippen molar-refractivity contribution in [3.05, 3.63) is 21.7 Å². The lowest BCUT2D eigenvalue weighted by molar-refractivity contribution is -0.192. The molecule has 0 amide bonds. The van der Waals surface area contributed by atoms with Crippen LogP contribution in [-0.2, 0) is 38.5 Å². The highest BCUT2D eigenvalue weighted by atomic mass is 16.7. The lowest BCUT2D eigenvalue weighted by Crippen LogP contribution is -2.40. The predicted molar refractivity (Wildman–Crippen MR) is 167 cm³/mol. The third-order valence-corrected chi connectivity index (χ3v) is 9.58. The van der Waals surface area contributed by atoms with Crippen LogP contribution in [0.5, 0.6) is 5.88 Å². The zero-order valence-corrected chi connectivity index (χ0v) is 27.2. The Morgan fingerprint density at radius 1 is 1.00 bits per heavy atom. The molecular weight excluding hydrogens is 580 g/mol. The smallest absolute Gasteiger partial charge is 0.330 e. The minimum absolute atomic E-state index is 0.0347. The number of methoxy groups -OCH3 is 2. The van der Waals surface area contributed by atoms with Gasteiger partial charge in [0.2, 0.25) is 17.5 Å². The molecule has 45 heavy (non-hydrogen) atoms. The maximum absolute atomic E-state index is 13.9. The molecule has 0 unspecified atom stereocenters. The first-order valence-electron chi connectivity index (χ1n) is 16.6. The molecule has 13 nitrogen and oxygen atoms in total. The van der Waals surface area contributed by atoms with Crippen molar-refractivity contribution in [2.75, 3.05) is 60.8 Å². The molecule has 1 saturated carbocycles. The van der Waals surface area contributed by atoms with Gasteiger partial charge in [-0.05, 0) is 52.1 Å². The summed E-state index contributed by atoms with van der Waals surface area (Å²) in [6, 6.07) is 0.267. The van der Waals surface area contributed by atoms with E-state index < -0.39 is 5.79 Å². The van der Waals surface area contributed by atoms with Gasteiger partial charge in [0, 0.05) is 45.4 Å². The topological polar surface area (TPSA) is 128 Å². The van der Waals surface area contributed by atoms with Crippen molar-refractivity contribution in [3.63, 3.8) is 0 Å². The second kappa shape index (κ2) is 14.3. The largest absolute Gasteiger partial charge is 0.474 e. The lowest BCUT2D eigenvalue weighted by Gasteiger charge is -2.38. The first kappa shape index (κ1) is 32.1. The molecule has 0 radical (unpaired) electrons. The summed E-state index contributed by atoms with van der Waals surface area (Å²) >= 11 is 0. The highest BCUT2D eigenvalue weighted by Gasteiger charge is 2.49. The molecule has 2 saturated heterocycles. The van der Waals surface area contributed by atoms with E-state index >= 15 is 0 Å². The Morgan fingerprint density at radius 3 is 2.56 bits per heavy atom. The van der Waals surface area contributed by atoms with E-state index in [0.29, 0.717) is 81.2 Å². The number of hydrogen-bond donors (Lipinski definition) is 0. The van der Waals surface area contributed by atoms with Crippen LogP contribution in [0.25, 0.3) is 22.7 Å². The third kappa shape index (κ3) is 6.29. The molecular formula is C32H48N6O7. The number of likely N-dealkylation sites (tertiary alicyclic amines) is 1. The van der Waals surface area contributed by atoms with E-state index in [9.17, 15) is 4.79 Å². The molecule has 3 fully saturated rings. The fraction of sp³-hybridized carbons (Fsp3) is 0.750. The van der Waals surface area contributed by atoms with Crippen molar-refractivity contribution >= 4 is 11.2 Å². The summed E-state index contributed by atoms with van der Waals surface area (Å²) in [5.74, 6) is 0.540. The monoisotopic (exact) mass is 628 g/mol.